The van der Waals surface area contributed by atoms with Gasteiger partial charge in [0.1, 0.15) is 17.9 Å². The number of ether oxygens (including phenoxy) is 1. The molecule has 1 aromatic heterocycles. The zero-order valence-electron chi connectivity index (χ0n) is 18.0. The van der Waals surface area contributed by atoms with Gasteiger partial charge in [0.05, 0.1) is 6.10 Å². The van der Waals surface area contributed by atoms with Crippen LogP contribution in [0.2, 0.25) is 0 Å². The number of aryl methyl sites for hydroxylation is 3. The Morgan fingerprint density at radius 1 is 0.964 bits per heavy atom. The Morgan fingerprint density at radius 3 is 2.18 bits per heavy atom. The number of rotatable bonds is 5. The number of imidazole rings is 1. The molecule has 3 aromatic rings. The molecular formula is C24H31ClN2O. The van der Waals surface area contributed by atoms with Gasteiger partial charge in [0.25, 0.3) is 0 Å². The summed E-state index contributed by atoms with van der Waals surface area (Å²) in [6, 6.07) is 12.8. The van der Waals surface area contributed by atoms with Crippen LogP contribution < -0.4 is 21.7 Å². The standard InChI is InChI=1S/C24H31N2O.ClH/c1-16(2)27-24-11-9-8-10-23(24)26-15-25(20(6)21(26)7)14-22-18(4)12-17(3)13-19(22)5;/h8-13,15-16H,14H2,1-7H3;1H/q+1;/p-1. The molecule has 1 heterocycles. The highest BCUT2D eigenvalue weighted by atomic mass is 35.5. The van der Waals surface area contributed by atoms with E-state index in [0.29, 0.717) is 0 Å². The number of nitrogens with zero attached hydrogens (tertiary/aromatic N) is 2. The van der Waals surface area contributed by atoms with Gasteiger partial charge in [-0.1, -0.05) is 29.8 Å². The Hall–Kier alpha value is -2.26. The molecular weight excluding hydrogens is 368 g/mol. The van der Waals surface area contributed by atoms with E-state index >= 15 is 0 Å². The van der Waals surface area contributed by atoms with Crippen molar-refractivity contribution in [3.63, 3.8) is 0 Å². The van der Waals surface area contributed by atoms with Crippen LogP contribution in [0.15, 0.2) is 42.7 Å². The molecule has 3 rings (SSSR count). The van der Waals surface area contributed by atoms with Crippen molar-refractivity contribution < 1.29 is 21.7 Å². The molecule has 2 aromatic carbocycles. The summed E-state index contributed by atoms with van der Waals surface area (Å²) in [4.78, 5) is 0. The van der Waals surface area contributed by atoms with Gasteiger partial charge in [0, 0.05) is 13.8 Å². The second kappa shape index (κ2) is 8.83. The van der Waals surface area contributed by atoms with E-state index < -0.39 is 0 Å². The smallest absolute Gasteiger partial charge is 0.249 e. The van der Waals surface area contributed by atoms with E-state index in [1.165, 1.54) is 33.6 Å². The first kappa shape index (κ1) is 22.0. The van der Waals surface area contributed by atoms with E-state index in [9.17, 15) is 0 Å². The average Bonchev–Trinajstić information content (AvgIpc) is 2.86. The summed E-state index contributed by atoms with van der Waals surface area (Å²) in [7, 11) is 0. The molecule has 28 heavy (non-hydrogen) atoms. The zero-order chi connectivity index (χ0) is 19.7. The van der Waals surface area contributed by atoms with E-state index in [2.05, 4.69) is 88.2 Å². The molecule has 0 radical (unpaired) electrons. The maximum atomic E-state index is 6.04. The summed E-state index contributed by atoms with van der Waals surface area (Å²) in [5, 5.41) is 0. The highest BCUT2D eigenvalue weighted by molar-refractivity contribution is 5.47. The van der Waals surface area contributed by atoms with Gasteiger partial charge in [0.15, 0.2) is 11.4 Å². The van der Waals surface area contributed by atoms with Crippen molar-refractivity contribution in [1.82, 2.24) is 4.57 Å². The van der Waals surface area contributed by atoms with Crippen LogP contribution in [0.5, 0.6) is 5.75 Å². The fourth-order valence-electron chi connectivity index (χ4n) is 3.74. The van der Waals surface area contributed by atoms with Crippen LogP contribution in [0.3, 0.4) is 0 Å². The van der Waals surface area contributed by atoms with Gasteiger partial charge in [-0.15, -0.1) is 0 Å². The van der Waals surface area contributed by atoms with Gasteiger partial charge < -0.3 is 17.1 Å². The van der Waals surface area contributed by atoms with Crippen molar-refractivity contribution in [3.05, 3.63) is 76.4 Å². The second-order valence-electron chi connectivity index (χ2n) is 7.80. The van der Waals surface area contributed by atoms with Gasteiger partial charge >= 0.3 is 0 Å². The van der Waals surface area contributed by atoms with E-state index in [1.807, 2.05) is 12.1 Å². The number of hydrogen-bond acceptors (Lipinski definition) is 1. The minimum atomic E-state index is 0. The van der Waals surface area contributed by atoms with E-state index in [0.717, 1.165) is 18.0 Å². The van der Waals surface area contributed by atoms with Crippen LogP contribution >= 0.6 is 0 Å². The van der Waals surface area contributed by atoms with Crippen molar-refractivity contribution in [2.24, 2.45) is 0 Å². The molecule has 3 nitrogen and oxygen atoms in total. The van der Waals surface area contributed by atoms with Crippen molar-refractivity contribution in [2.45, 2.75) is 61.1 Å². The molecule has 0 spiro atoms. The molecule has 0 saturated heterocycles. The Kier molecular flexibility index (Phi) is 6.95. The van der Waals surface area contributed by atoms with E-state index in [4.69, 9.17) is 4.74 Å². The van der Waals surface area contributed by atoms with Gasteiger partial charge in [-0.25, -0.2) is 4.57 Å². The first-order chi connectivity index (χ1) is 12.8. The number of benzene rings is 2. The van der Waals surface area contributed by atoms with Gasteiger partial charge in [-0.05, 0) is 63.4 Å². The quantitative estimate of drug-likeness (QED) is 0.602. The Balaban J connectivity index is 0.00000280. The van der Waals surface area contributed by atoms with Crippen LogP contribution in [0.4, 0.5) is 0 Å². The van der Waals surface area contributed by atoms with Crippen LogP contribution in [-0.2, 0) is 6.54 Å². The maximum absolute atomic E-state index is 6.04. The number of halogens is 1. The summed E-state index contributed by atoms with van der Waals surface area (Å²) < 4.78 is 10.6. The summed E-state index contributed by atoms with van der Waals surface area (Å²) in [6.07, 6.45) is 2.35. The molecule has 0 aliphatic rings. The third-order valence-electron chi connectivity index (χ3n) is 5.23. The number of hydrogen-bond donors (Lipinski definition) is 0. The highest BCUT2D eigenvalue weighted by Crippen LogP contribution is 2.25. The normalized spacial score (nSPS) is 10.9. The minimum absolute atomic E-state index is 0. The largest absolute Gasteiger partial charge is 1.00 e. The number of aromatic nitrogens is 2. The zero-order valence-corrected chi connectivity index (χ0v) is 18.8. The third kappa shape index (κ3) is 4.41. The minimum Gasteiger partial charge on any atom is -1.00 e. The molecule has 0 unspecified atom stereocenters. The van der Waals surface area contributed by atoms with Crippen molar-refractivity contribution in [3.8, 4) is 11.4 Å². The molecule has 0 fully saturated rings. The molecule has 0 aliphatic carbocycles. The van der Waals surface area contributed by atoms with E-state index in [1.54, 1.807) is 0 Å². The van der Waals surface area contributed by atoms with E-state index in [-0.39, 0.29) is 18.5 Å². The molecule has 0 atom stereocenters. The molecule has 0 saturated carbocycles. The average molecular weight is 399 g/mol. The summed E-state index contributed by atoms with van der Waals surface area (Å²) in [5.74, 6) is 0.917. The fraction of sp³-hybridized carbons (Fsp3) is 0.375. The summed E-state index contributed by atoms with van der Waals surface area (Å²) >= 11 is 0. The predicted octanol–water partition coefficient (Wildman–Crippen LogP) is 2.15. The first-order valence-electron chi connectivity index (χ1n) is 9.68. The predicted molar refractivity (Wildman–Crippen MR) is 111 cm³/mol. The Labute approximate surface area is 175 Å². The lowest BCUT2D eigenvalue weighted by molar-refractivity contribution is -0.693. The Bertz CT molecular complexity index is 950. The van der Waals surface area contributed by atoms with Crippen molar-refractivity contribution in [1.29, 1.82) is 0 Å². The molecule has 0 aliphatic heterocycles. The topological polar surface area (TPSA) is 18.0 Å². The maximum Gasteiger partial charge on any atom is 0.249 e. The first-order valence-corrected chi connectivity index (χ1v) is 9.68. The molecule has 150 valence electrons. The monoisotopic (exact) mass is 398 g/mol. The van der Waals surface area contributed by atoms with Crippen molar-refractivity contribution in [2.75, 3.05) is 0 Å². The van der Waals surface area contributed by atoms with Crippen LogP contribution in [0.25, 0.3) is 5.69 Å². The van der Waals surface area contributed by atoms with Gasteiger partial charge in [0.2, 0.25) is 6.33 Å². The fourth-order valence-corrected chi connectivity index (χ4v) is 3.74. The summed E-state index contributed by atoms with van der Waals surface area (Å²) in [5.41, 5.74) is 9.03. The Morgan fingerprint density at radius 2 is 1.57 bits per heavy atom. The third-order valence-corrected chi connectivity index (χ3v) is 5.23. The lowest BCUT2D eigenvalue weighted by atomic mass is 10.00. The lowest BCUT2D eigenvalue weighted by Gasteiger charge is -2.12. The van der Waals surface area contributed by atoms with Crippen molar-refractivity contribution >= 4 is 0 Å². The van der Waals surface area contributed by atoms with Crippen LogP contribution in [0, 0.1) is 34.6 Å². The highest BCUT2D eigenvalue weighted by Gasteiger charge is 2.22. The molecule has 0 amide bonds. The van der Waals surface area contributed by atoms with Gasteiger partial charge in [-0.3, -0.25) is 0 Å². The molecule has 0 bridgehead atoms. The van der Waals surface area contributed by atoms with Crippen LogP contribution in [-0.4, -0.2) is 10.7 Å². The second-order valence-corrected chi connectivity index (χ2v) is 7.80. The van der Waals surface area contributed by atoms with Crippen LogP contribution in [0.1, 0.15) is 47.5 Å². The SMILES string of the molecule is Cc1cc(C)c(C[n+]2cn(-c3ccccc3OC(C)C)c(C)c2C)c(C)c1.[Cl-]. The summed E-state index contributed by atoms with van der Waals surface area (Å²) in [6.45, 7) is 16.0. The lowest BCUT2D eigenvalue weighted by Crippen LogP contribution is -3.00. The molecule has 0 N–H and O–H groups in total. The number of para-hydroxylation sites is 2. The molecule has 4 heteroatoms. The van der Waals surface area contributed by atoms with Gasteiger partial charge in [-0.2, -0.15) is 4.57 Å².